The topological polar surface area (TPSA) is 75.1 Å². The van der Waals surface area contributed by atoms with E-state index in [2.05, 4.69) is 15.3 Å². The smallest absolute Gasteiger partial charge is 0.323 e. The molecule has 2 N–H and O–H groups in total. The minimum absolute atomic E-state index is 0.0870. The fourth-order valence-electron chi connectivity index (χ4n) is 2.61. The van der Waals surface area contributed by atoms with Crippen LogP contribution >= 0.6 is 0 Å². The number of aromatic nitrogens is 2. The first-order valence-corrected chi connectivity index (χ1v) is 7.72. The molecule has 128 valence electrons. The molecule has 5 nitrogen and oxygen atoms in total. The average molecular weight is 327 g/mol. The van der Waals surface area contributed by atoms with Gasteiger partial charge in [0.05, 0.1) is 0 Å². The molecule has 1 saturated carbocycles. The summed E-state index contributed by atoms with van der Waals surface area (Å²) >= 11 is 0. The number of nitrogens with zero attached hydrogens (tertiary/aromatic N) is 2. The minimum Gasteiger partial charge on any atom is -0.480 e. The van der Waals surface area contributed by atoms with Crippen molar-refractivity contribution in [1.29, 1.82) is 0 Å². The van der Waals surface area contributed by atoms with Crippen LogP contribution in [0.15, 0.2) is 12.4 Å². The maximum atomic E-state index is 13.3. The molecule has 1 aromatic rings. The van der Waals surface area contributed by atoms with Crippen molar-refractivity contribution in [3.05, 3.63) is 23.8 Å². The molecule has 1 heterocycles. The van der Waals surface area contributed by atoms with E-state index in [9.17, 15) is 18.7 Å². The van der Waals surface area contributed by atoms with E-state index in [4.69, 9.17) is 0 Å². The second kappa shape index (κ2) is 6.11. The Bertz CT molecular complexity index is 558. The number of carboxylic acids is 1. The first-order chi connectivity index (χ1) is 10.5. The van der Waals surface area contributed by atoms with Crippen LogP contribution in [0.5, 0.6) is 0 Å². The first kappa shape index (κ1) is 17.7. The zero-order chi connectivity index (χ0) is 17.3. The van der Waals surface area contributed by atoms with Gasteiger partial charge in [0.2, 0.25) is 5.92 Å². The van der Waals surface area contributed by atoms with E-state index in [0.717, 1.165) is 5.56 Å². The predicted octanol–water partition coefficient (Wildman–Crippen LogP) is 2.90. The number of hydrogen-bond acceptors (Lipinski definition) is 4. The molecule has 1 aliphatic carbocycles. The fourth-order valence-corrected chi connectivity index (χ4v) is 2.61. The summed E-state index contributed by atoms with van der Waals surface area (Å²) in [7, 11) is 0. The lowest BCUT2D eigenvalue weighted by Gasteiger charge is -2.37. The number of hydrogen-bond donors (Lipinski definition) is 2. The summed E-state index contributed by atoms with van der Waals surface area (Å²) in [5, 5.41) is 12.4. The molecule has 0 spiro atoms. The largest absolute Gasteiger partial charge is 0.480 e. The van der Waals surface area contributed by atoms with E-state index in [1.165, 1.54) is 0 Å². The van der Waals surface area contributed by atoms with Crippen molar-refractivity contribution < 1.29 is 18.7 Å². The molecule has 23 heavy (non-hydrogen) atoms. The predicted molar refractivity (Wildman–Crippen MR) is 81.4 cm³/mol. The monoisotopic (exact) mass is 327 g/mol. The highest BCUT2D eigenvalue weighted by atomic mass is 19.3. The number of aliphatic carboxylic acids is 1. The number of nitrogens with one attached hydrogen (secondary N) is 1. The summed E-state index contributed by atoms with van der Waals surface area (Å²) in [6, 6.07) is 0. The van der Waals surface area contributed by atoms with Gasteiger partial charge in [-0.05, 0) is 12.8 Å². The summed E-state index contributed by atoms with van der Waals surface area (Å²) in [6.07, 6.45) is 2.30. The first-order valence-electron chi connectivity index (χ1n) is 7.72. The molecule has 0 radical (unpaired) electrons. The Balaban J connectivity index is 2.04. The van der Waals surface area contributed by atoms with Crippen LogP contribution in [0.2, 0.25) is 0 Å². The Morgan fingerprint density at radius 2 is 1.74 bits per heavy atom. The number of carbonyl (C=O) groups is 1. The summed E-state index contributed by atoms with van der Waals surface area (Å²) in [4.78, 5) is 20.1. The molecule has 0 aromatic carbocycles. The third-order valence-corrected chi connectivity index (χ3v) is 4.25. The normalized spacial score (nSPS) is 20.2. The number of halogens is 2. The Kier molecular flexibility index (Phi) is 4.71. The second-order valence-corrected chi connectivity index (χ2v) is 7.26. The zero-order valence-electron chi connectivity index (χ0n) is 13.7. The van der Waals surface area contributed by atoms with Gasteiger partial charge < -0.3 is 5.11 Å². The van der Waals surface area contributed by atoms with Crippen LogP contribution in [0.1, 0.15) is 57.8 Å². The molecule has 0 atom stereocenters. The molecular formula is C16H23F2N3O2. The van der Waals surface area contributed by atoms with Crippen LogP contribution in [0.3, 0.4) is 0 Å². The van der Waals surface area contributed by atoms with Crippen LogP contribution in [0.4, 0.5) is 8.78 Å². The average Bonchev–Trinajstić information content (AvgIpc) is 2.46. The van der Waals surface area contributed by atoms with Gasteiger partial charge >= 0.3 is 5.97 Å². The van der Waals surface area contributed by atoms with Gasteiger partial charge in [-0.3, -0.25) is 10.1 Å². The fraction of sp³-hybridized carbons (Fsp3) is 0.688. The van der Waals surface area contributed by atoms with Gasteiger partial charge in [0, 0.05) is 42.8 Å². The SMILES string of the molecule is CC(C)(C)c1ncc(CNC2(C(=O)O)CCC(F)(F)CC2)cn1. The standard InChI is InChI=1S/C16H23F2N3O2/c1-14(2,3)12-19-8-11(9-20-12)10-21-15(13(22)23)4-6-16(17,18)7-5-15/h8-9,21H,4-7,10H2,1-3H3,(H,22,23). The molecule has 1 aliphatic rings. The van der Waals surface area contributed by atoms with Crippen molar-refractivity contribution in [2.45, 2.75) is 69.9 Å². The third kappa shape index (κ3) is 4.22. The van der Waals surface area contributed by atoms with Crippen LogP contribution in [0.25, 0.3) is 0 Å². The molecule has 2 rings (SSSR count). The van der Waals surface area contributed by atoms with Crippen molar-refractivity contribution in [3.63, 3.8) is 0 Å². The summed E-state index contributed by atoms with van der Waals surface area (Å²) in [6.45, 7) is 6.24. The lowest BCUT2D eigenvalue weighted by atomic mass is 9.79. The molecule has 1 fully saturated rings. The molecule has 0 unspecified atom stereocenters. The third-order valence-electron chi connectivity index (χ3n) is 4.25. The lowest BCUT2D eigenvalue weighted by Crippen LogP contribution is -2.55. The van der Waals surface area contributed by atoms with Gasteiger partial charge in [-0.25, -0.2) is 18.7 Å². The maximum Gasteiger partial charge on any atom is 0.323 e. The molecule has 0 amide bonds. The van der Waals surface area contributed by atoms with E-state index in [1.54, 1.807) is 12.4 Å². The highest BCUT2D eigenvalue weighted by Crippen LogP contribution is 2.38. The van der Waals surface area contributed by atoms with E-state index in [1.807, 2.05) is 20.8 Å². The quantitative estimate of drug-likeness (QED) is 0.889. The van der Waals surface area contributed by atoms with Crippen LogP contribution in [0, 0.1) is 0 Å². The van der Waals surface area contributed by atoms with Crippen LogP contribution < -0.4 is 5.32 Å². The highest BCUT2D eigenvalue weighted by molar-refractivity contribution is 5.79. The van der Waals surface area contributed by atoms with Crippen LogP contribution in [-0.2, 0) is 16.8 Å². The van der Waals surface area contributed by atoms with E-state index >= 15 is 0 Å². The Morgan fingerprint density at radius 3 is 2.17 bits per heavy atom. The van der Waals surface area contributed by atoms with E-state index in [0.29, 0.717) is 5.82 Å². The van der Waals surface area contributed by atoms with Gasteiger partial charge in [-0.2, -0.15) is 0 Å². The van der Waals surface area contributed by atoms with Gasteiger partial charge in [-0.15, -0.1) is 0 Å². The summed E-state index contributed by atoms with van der Waals surface area (Å²) < 4.78 is 26.6. The number of rotatable bonds is 4. The maximum absolute atomic E-state index is 13.3. The highest BCUT2D eigenvalue weighted by Gasteiger charge is 2.47. The zero-order valence-corrected chi connectivity index (χ0v) is 13.7. The number of carboxylic acid groups (broad SMARTS) is 1. The Morgan fingerprint density at radius 1 is 1.22 bits per heavy atom. The van der Waals surface area contributed by atoms with Crippen LogP contribution in [-0.4, -0.2) is 32.5 Å². The van der Waals surface area contributed by atoms with Gasteiger partial charge in [0.15, 0.2) is 0 Å². The second-order valence-electron chi connectivity index (χ2n) is 7.26. The van der Waals surface area contributed by atoms with Crippen molar-refractivity contribution in [2.24, 2.45) is 0 Å². The Hall–Kier alpha value is -1.63. The lowest BCUT2D eigenvalue weighted by molar-refractivity contribution is -0.150. The molecule has 0 aliphatic heterocycles. The van der Waals surface area contributed by atoms with E-state index < -0.39 is 30.3 Å². The molecule has 1 aromatic heterocycles. The van der Waals surface area contributed by atoms with Gasteiger partial charge in [-0.1, -0.05) is 20.8 Å². The summed E-state index contributed by atoms with van der Waals surface area (Å²) in [5.74, 6) is -3.15. The molecular weight excluding hydrogens is 304 g/mol. The molecule has 0 bridgehead atoms. The van der Waals surface area contributed by atoms with Crippen molar-refractivity contribution in [2.75, 3.05) is 0 Å². The number of alkyl halides is 2. The van der Waals surface area contributed by atoms with Crippen molar-refractivity contribution >= 4 is 5.97 Å². The minimum atomic E-state index is -2.77. The van der Waals surface area contributed by atoms with E-state index in [-0.39, 0.29) is 24.8 Å². The van der Waals surface area contributed by atoms with Gasteiger partial charge in [0.25, 0.3) is 0 Å². The van der Waals surface area contributed by atoms with Crippen molar-refractivity contribution in [1.82, 2.24) is 15.3 Å². The molecule has 7 heteroatoms. The van der Waals surface area contributed by atoms with Crippen molar-refractivity contribution in [3.8, 4) is 0 Å². The summed E-state index contributed by atoms with van der Waals surface area (Å²) in [5.41, 5.74) is -0.732. The molecule has 0 saturated heterocycles. The van der Waals surface area contributed by atoms with Gasteiger partial charge in [0.1, 0.15) is 11.4 Å². The Labute approximate surface area is 134 Å².